The van der Waals surface area contributed by atoms with Gasteiger partial charge in [0.2, 0.25) is 0 Å². The lowest BCUT2D eigenvalue weighted by Crippen LogP contribution is -2.32. The number of amides is 2. The molecule has 4 rings (SSSR count). The molecule has 1 heterocycles. The maximum Gasteiger partial charge on any atom is 0.282 e. The highest BCUT2D eigenvalue weighted by Crippen LogP contribution is 2.37. The van der Waals surface area contributed by atoms with Crippen molar-refractivity contribution in [2.45, 2.75) is 13.8 Å². The molecule has 0 aliphatic carbocycles. The van der Waals surface area contributed by atoms with E-state index in [0.29, 0.717) is 22.6 Å². The standard InChI is InChI=1S/C25H22N2O3/c1-16-13-17(2)15-18(14-16)26-23-22(20-11-7-8-12-21(20)30-3)24(28)27(25(23)29)19-9-5-4-6-10-19/h4-15,26H,1-3H3. The number of carbonyl (C=O) groups excluding carboxylic acids is 2. The van der Waals surface area contributed by atoms with Crippen LogP contribution in [0.3, 0.4) is 0 Å². The molecular weight excluding hydrogens is 376 g/mol. The molecule has 0 atom stereocenters. The van der Waals surface area contributed by atoms with Crippen LogP contribution in [0.4, 0.5) is 11.4 Å². The third-order valence-electron chi connectivity index (χ3n) is 4.97. The number of hydrogen-bond donors (Lipinski definition) is 1. The summed E-state index contributed by atoms with van der Waals surface area (Å²) in [4.78, 5) is 28.1. The Kier molecular flexibility index (Phi) is 5.11. The lowest BCUT2D eigenvalue weighted by Gasteiger charge is -2.15. The summed E-state index contributed by atoms with van der Waals surface area (Å²) in [6.07, 6.45) is 0. The molecule has 0 fully saturated rings. The van der Waals surface area contributed by atoms with Crippen molar-refractivity contribution in [2.75, 3.05) is 17.3 Å². The predicted octanol–water partition coefficient (Wildman–Crippen LogP) is 4.71. The van der Waals surface area contributed by atoms with Crippen molar-refractivity contribution in [3.63, 3.8) is 0 Å². The molecular formula is C25H22N2O3. The highest BCUT2D eigenvalue weighted by molar-refractivity contribution is 6.46. The molecule has 5 heteroatoms. The molecule has 3 aromatic rings. The Bertz CT molecular complexity index is 1150. The molecule has 1 aliphatic heterocycles. The van der Waals surface area contributed by atoms with E-state index >= 15 is 0 Å². The number of benzene rings is 3. The number of carbonyl (C=O) groups is 2. The summed E-state index contributed by atoms with van der Waals surface area (Å²) < 4.78 is 5.48. The van der Waals surface area contributed by atoms with Crippen LogP contribution in [0.15, 0.2) is 78.5 Å². The van der Waals surface area contributed by atoms with Crippen LogP contribution in [-0.4, -0.2) is 18.9 Å². The van der Waals surface area contributed by atoms with Gasteiger partial charge in [0.15, 0.2) is 0 Å². The Hall–Kier alpha value is -3.86. The largest absolute Gasteiger partial charge is 0.496 e. The van der Waals surface area contributed by atoms with Crippen molar-refractivity contribution in [1.82, 2.24) is 0 Å². The third kappa shape index (κ3) is 3.46. The fraction of sp³-hybridized carbons (Fsp3) is 0.120. The van der Waals surface area contributed by atoms with Gasteiger partial charge in [0.05, 0.1) is 18.4 Å². The molecule has 0 unspecified atom stereocenters. The summed E-state index contributed by atoms with van der Waals surface area (Å²) in [7, 11) is 1.55. The SMILES string of the molecule is COc1ccccc1C1=C(Nc2cc(C)cc(C)c2)C(=O)N(c2ccccc2)C1=O. The van der Waals surface area contributed by atoms with Gasteiger partial charge in [0.25, 0.3) is 11.8 Å². The zero-order chi connectivity index (χ0) is 21.3. The van der Waals surface area contributed by atoms with Gasteiger partial charge in [0, 0.05) is 11.3 Å². The lowest BCUT2D eigenvalue weighted by molar-refractivity contribution is -0.120. The van der Waals surface area contributed by atoms with E-state index in [1.54, 1.807) is 43.5 Å². The van der Waals surface area contributed by atoms with Crippen LogP contribution in [0.25, 0.3) is 5.57 Å². The van der Waals surface area contributed by atoms with Crippen LogP contribution in [0.1, 0.15) is 16.7 Å². The van der Waals surface area contributed by atoms with E-state index in [-0.39, 0.29) is 11.6 Å². The molecule has 2 amide bonds. The topological polar surface area (TPSA) is 58.6 Å². The Morgan fingerprint density at radius 3 is 2.10 bits per heavy atom. The van der Waals surface area contributed by atoms with Crippen LogP contribution in [0.5, 0.6) is 5.75 Å². The van der Waals surface area contributed by atoms with Gasteiger partial charge in [-0.05, 0) is 55.3 Å². The van der Waals surface area contributed by atoms with E-state index in [1.807, 2.05) is 44.2 Å². The van der Waals surface area contributed by atoms with Crippen molar-refractivity contribution < 1.29 is 14.3 Å². The van der Waals surface area contributed by atoms with Crippen LogP contribution in [-0.2, 0) is 9.59 Å². The highest BCUT2D eigenvalue weighted by atomic mass is 16.5. The monoisotopic (exact) mass is 398 g/mol. The van der Waals surface area contributed by atoms with Gasteiger partial charge in [-0.25, -0.2) is 4.90 Å². The number of aryl methyl sites for hydroxylation is 2. The maximum absolute atomic E-state index is 13.5. The Balaban J connectivity index is 1.88. The number of ether oxygens (including phenoxy) is 1. The number of hydrogen-bond acceptors (Lipinski definition) is 4. The molecule has 0 radical (unpaired) electrons. The van der Waals surface area contributed by atoms with Crippen molar-refractivity contribution in [3.05, 3.63) is 95.2 Å². The molecule has 1 aliphatic rings. The number of imide groups is 1. The van der Waals surface area contributed by atoms with Gasteiger partial charge in [-0.1, -0.05) is 42.5 Å². The second-order valence-corrected chi connectivity index (χ2v) is 7.23. The minimum Gasteiger partial charge on any atom is -0.496 e. The second kappa shape index (κ2) is 7.87. The van der Waals surface area contributed by atoms with Gasteiger partial charge in [-0.15, -0.1) is 0 Å². The molecule has 3 aromatic carbocycles. The number of rotatable bonds is 5. The highest BCUT2D eigenvalue weighted by Gasteiger charge is 2.41. The van der Waals surface area contributed by atoms with E-state index in [1.165, 1.54) is 4.90 Å². The fourth-order valence-corrected chi connectivity index (χ4v) is 3.75. The van der Waals surface area contributed by atoms with Crippen molar-refractivity contribution in [2.24, 2.45) is 0 Å². The minimum absolute atomic E-state index is 0.235. The van der Waals surface area contributed by atoms with E-state index in [9.17, 15) is 9.59 Å². The number of para-hydroxylation sites is 2. The Labute approximate surface area is 175 Å². The molecule has 5 nitrogen and oxygen atoms in total. The average molecular weight is 398 g/mol. The molecule has 0 aromatic heterocycles. The first kappa shape index (κ1) is 19.5. The van der Waals surface area contributed by atoms with Crippen LogP contribution < -0.4 is 15.0 Å². The van der Waals surface area contributed by atoms with Crippen LogP contribution >= 0.6 is 0 Å². The minimum atomic E-state index is -0.397. The van der Waals surface area contributed by atoms with E-state index in [0.717, 1.165) is 16.8 Å². The molecule has 150 valence electrons. The van der Waals surface area contributed by atoms with Crippen molar-refractivity contribution in [3.8, 4) is 5.75 Å². The average Bonchev–Trinajstić information content (AvgIpc) is 2.97. The number of methoxy groups -OCH3 is 1. The van der Waals surface area contributed by atoms with Crippen molar-refractivity contribution in [1.29, 1.82) is 0 Å². The van der Waals surface area contributed by atoms with Gasteiger partial charge in [0.1, 0.15) is 11.4 Å². The normalized spacial score (nSPS) is 13.8. The first-order valence-corrected chi connectivity index (χ1v) is 9.66. The summed E-state index contributed by atoms with van der Waals surface area (Å²) in [6, 6.07) is 22.1. The zero-order valence-electron chi connectivity index (χ0n) is 17.1. The maximum atomic E-state index is 13.5. The molecule has 0 saturated carbocycles. The Morgan fingerprint density at radius 2 is 1.43 bits per heavy atom. The summed E-state index contributed by atoms with van der Waals surface area (Å²) in [5, 5.41) is 3.21. The predicted molar refractivity (Wildman–Crippen MR) is 118 cm³/mol. The Morgan fingerprint density at radius 1 is 0.800 bits per heavy atom. The molecule has 0 spiro atoms. The summed E-state index contributed by atoms with van der Waals surface area (Å²) >= 11 is 0. The van der Waals surface area contributed by atoms with Crippen LogP contribution in [0.2, 0.25) is 0 Å². The summed E-state index contributed by atoms with van der Waals surface area (Å²) in [5.41, 5.74) is 4.51. The number of anilines is 2. The molecule has 0 saturated heterocycles. The molecule has 1 N–H and O–H groups in total. The molecule has 30 heavy (non-hydrogen) atoms. The fourth-order valence-electron chi connectivity index (χ4n) is 3.75. The first-order valence-electron chi connectivity index (χ1n) is 9.66. The lowest BCUT2D eigenvalue weighted by atomic mass is 10.0. The third-order valence-corrected chi connectivity index (χ3v) is 4.97. The van der Waals surface area contributed by atoms with Gasteiger partial charge < -0.3 is 10.1 Å². The first-order chi connectivity index (χ1) is 14.5. The number of nitrogens with zero attached hydrogens (tertiary/aromatic N) is 1. The number of nitrogens with one attached hydrogen (secondary N) is 1. The van der Waals surface area contributed by atoms with Gasteiger partial charge >= 0.3 is 0 Å². The quantitative estimate of drug-likeness (QED) is 0.633. The summed E-state index contributed by atoms with van der Waals surface area (Å²) in [6.45, 7) is 3.98. The van der Waals surface area contributed by atoms with E-state index < -0.39 is 5.91 Å². The second-order valence-electron chi connectivity index (χ2n) is 7.23. The van der Waals surface area contributed by atoms with Gasteiger partial charge in [-0.2, -0.15) is 0 Å². The van der Waals surface area contributed by atoms with E-state index in [4.69, 9.17) is 4.74 Å². The zero-order valence-corrected chi connectivity index (χ0v) is 17.1. The van der Waals surface area contributed by atoms with Crippen LogP contribution in [0, 0.1) is 13.8 Å². The summed E-state index contributed by atoms with van der Waals surface area (Å²) in [5.74, 6) is -0.253. The van der Waals surface area contributed by atoms with Gasteiger partial charge in [-0.3, -0.25) is 9.59 Å². The van der Waals surface area contributed by atoms with E-state index in [2.05, 4.69) is 11.4 Å². The smallest absolute Gasteiger partial charge is 0.282 e. The van der Waals surface area contributed by atoms with Crippen molar-refractivity contribution >= 4 is 28.8 Å². The molecule has 0 bridgehead atoms.